The van der Waals surface area contributed by atoms with E-state index in [1.54, 1.807) is 28.6 Å². The summed E-state index contributed by atoms with van der Waals surface area (Å²) in [5.41, 5.74) is 0. The van der Waals surface area contributed by atoms with Crippen LogP contribution in [0.15, 0.2) is 0 Å². The predicted octanol–water partition coefficient (Wildman–Crippen LogP) is 1.35. The number of nitrogens with zero attached hydrogens (tertiary/aromatic N) is 2. The topological polar surface area (TPSA) is 69.7 Å². The van der Waals surface area contributed by atoms with Gasteiger partial charge >= 0.3 is 0 Å². The summed E-state index contributed by atoms with van der Waals surface area (Å²) in [5, 5.41) is 2.80. The van der Waals surface area contributed by atoms with Crippen LogP contribution < -0.4 is 5.32 Å². The van der Waals surface area contributed by atoms with E-state index in [4.69, 9.17) is 0 Å². The van der Waals surface area contributed by atoms with Crippen LogP contribution in [0.1, 0.15) is 39.5 Å². The molecule has 0 aromatic heterocycles. The third-order valence-electron chi connectivity index (χ3n) is 3.47. The molecule has 0 unspecified atom stereocenters. The Morgan fingerprint density at radius 1 is 1.00 bits per heavy atom. The van der Waals surface area contributed by atoms with E-state index >= 15 is 0 Å². The average molecular weight is 346 g/mol. The van der Waals surface area contributed by atoms with Crippen molar-refractivity contribution in [1.29, 1.82) is 0 Å². The molecular weight excluding hydrogens is 314 g/mol. The number of nitrogens with one attached hydrogen (secondary N) is 1. The lowest BCUT2D eigenvalue weighted by Crippen LogP contribution is -2.40. The summed E-state index contributed by atoms with van der Waals surface area (Å²) < 4.78 is 0. The number of hydrogen-bond donors (Lipinski definition) is 1. The Morgan fingerprint density at radius 2 is 1.70 bits per heavy atom. The molecule has 0 aliphatic rings. The second kappa shape index (κ2) is 13.2. The van der Waals surface area contributed by atoms with Crippen molar-refractivity contribution >= 4 is 29.5 Å². The lowest BCUT2D eigenvalue weighted by Gasteiger charge is -2.25. The Kier molecular flexibility index (Phi) is 12.5. The molecule has 0 saturated heterocycles. The van der Waals surface area contributed by atoms with Crippen molar-refractivity contribution in [2.75, 3.05) is 45.2 Å². The molecule has 0 heterocycles. The molecule has 0 aromatic rings. The van der Waals surface area contributed by atoms with Crippen molar-refractivity contribution in [3.05, 3.63) is 0 Å². The third kappa shape index (κ3) is 10.2. The predicted molar refractivity (Wildman–Crippen MR) is 95.4 cm³/mol. The fraction of sp³-hybridized carbons (Fsp3) is 0.812. The van der Waals surface area contributed by atoms with E-state index in [-0.39, 0.29) is 30.6 Å². The van der Waals surface area contributed by atoms with Gasteiger partial charge in [-0.25, -0.2) is 0 Å². The number of amides is 3. The zero-order chi connectivity index (χ0) is 17.7. The van der Waals surface area contributed by atoms with Gasteiger partial charge in [0, 0.05) is 58.2 Å². The molecule has 0 aliphatic carbocycles. The van der Waals surface area contributed by atoms with Crippen LogP contribution >= 0.6 is 11.8 Å². The van der Waals surface area contributed by atoms with Gasteiger partial charge in [0.15, 0.2) is 0 Å². The van der Waals surface area contributed by atoms with Crippen molar-refractivity contribution in [2.24, 2.45) is 0 Å². The van der Waals surface area contributed by atoms with Crippen LogP contribution in [0.5, 0.6) is 0 Å². The quantitative estimate of drug-likeness (QED) is 0.542. The van der Waals surface area contributed by atoms with Gasteiger partial charge in [-0.15, -0.1) is 0 Å². The molecular formula is C16H31N3O3S. The molecule has 7 heteroatoms. The zero-order valence-corrected chi connectivity index (χ0v) is 15.7. The summed E-state index contributed by atoms with van der Waals surface area (Å²) in [4.78, 5) is 38.9. The number of carbonyl (C=O) groups is 3. The fourth-order valence-corrected chi connectivity index (χ4v) is 2.36. The maximum atomic E-state index is 12.3. The van der Waals surface area contributed by atoms with Crippen molar-refractivity contribution in [3.8, 4) is 0 Å². The first-order valence-electron chi connectivity index (χ1n) is 8.23. The normalized spacial score (nSPS) is 10.3. The van der Waals surface area contributed by atoms with E-state index in [0.29, 0.717) is 32.6 Å². The summed E-state index contributed by atoms with van der Waals surface area (Å²) in [6.45, 7) is 6.17. The van der Waals surface area contributed by atoms with Crippen molar-refractivity contribution < 1.29 is 14.4 Å². The van der Waals surface area contributed by atoms with Gasteiger partial charge in [0.1, 0.15) is 0 Å². The van der Waals surface area contributed by atoms with Gasteiger partial charge in [0.2, 0.25) is 17.7 Å². The van der Waals surface area contributed by atoms with Crippen LogP contribution in [-0.4, -0.2) is 72.8 Å². The molecule has 23 heavy (non-hydrogen) atoms. The van der Waals surface area contributed by atoms with E-state index in [1.165, 1.54) is 0 Å². The molecule has 3 amide bonds. The first-order valence-corrected chi connectivity index (χ1v) is 9.62. The number of rotatable bonds is 12. The van der Waals surface area contributed by atoms with E-state index in [0.717, 1.165) is 12.2 Å². The molecule has 6 nitrogen and oxygen atoms in total. The lowest BCUT2D eigenvalue weighted by atomic mass is 10.2. The minimum absolute atomic E-state index is 0.0239. The summed E-state index contributed by atoms with van der Waals surface area (Å²) in [7, 11) is 1.75. The maximum absolute atomic E-state index is 12.3. The first kappa shape index (κ1) is 21.8. The highest BCUT2D eigenvalue weighted by molar-refractivity contribution is 7.98. The second-order valence-electron chi connectivity index (χ2n) is 5.39. The minimum Gasteiger partial charge on any atom is -0.355 e. The van der Waals surface area contributed by atoms with Crippen LogP contribution in [0.25, 0.3) is 0 Å². The molecule has 0 atom stereocenters. The molecule has 0 fully saturated rings. The highest BCUT2D eigenvalue weighted by Gasteiger charge is 2.16. The monoisotopic (exact) mass is 345 g/mol. The SMILES string of the molecule is CCCN(CCN(C)C(=O)CC)C(=O)CCC(=O)NCCSC. The molecule has 0 bridgehead atoms. The van der Waals surface area contributed by atoms with E-state index in [9.17, 15) is 14.4 Å². The molecule has 134 valence electrons. The van der Waals surface area contributed by atoms with Gasteiger partial charge in [-0.3, -0.25) is 14.4 Å². The maximum Gasteiger partial charge on any atom is 0.223 e. The van der Waals surface area contributed by atoms with Gasteiger partial charge in [-0.05, 0) is 12.7 Å². The van der Waals surface area contributed by atoms with Crippen LogP contribution in [0.3, 0.4) is 0 Å². The van der Waals surface area contributed by atoms with E-state index in [2.05, 4.69) is 5.32 Å². The Morgan fingerprint density at radius 3 is 2.26 bits per heavy atom. The summed E-state index contributed by atoms with van der Waals surface area (Å²) in [6, 6.07) is 0. The molecule has 0 rings (SSSR count). The summed E-state index contributed by atoms with van der Waals surface area (Å²) >= 11 is 1.67. The van der Waals surface area contributed by atoms with Gasteiger partial charge in [0.05, 0.1) is 0 Å². The lowest BCUT2D eigenvalue weighted by molar-refractivity contribution is -0.135. The Hall–Kier alpha value is -1.24. The Balaban J connectivity index is 4.23. The second-order valence-corrected chi connectivity index (χ2v) is 6.38. The molecule has 0 aliphatic heterocycles. The molecule has 0 aromatic carbocycles. The van der Waals surface area contributed by atoms with Crippen molar-refractivity contribution in [1.82, 2.24) is 15.1 Å². The molecule has 0 radical (unpaired) electrons. The van der Waals surface area contributed by atoms with Crippen LogP contribution in [-0.2, 0) is 14.4 Å². The largest absolute Gasteiger partial charge is 0.355 e. The third-order valence-corrected chi connectivity index (χ3v) is 4.09. The molecule has 0 saturated carbocycles. The van der Waals surface area contributed by atoms with Crippen molar-refractivity contribution in [2.45, 2.75) is 39.5 Å². The van der Waals surface area contributed by atoms with Gasteiger partial charge < -0.3 is 15.1 Å². The van der Waals surface area contributed by atoms with Gasteiger partial charge in [-0.1, -0.05) is 13.8 Å². The highest BCUT2D eigenvalue weighted by Crippen LogP contribution is 2.02. The Bertz CT molecular complexity index is 378. The van der Waals surface area contributed by atoms with Crippen LogP contribution in [0, 0.1) is 0 Å². The number of hydrogen-bond acceptors (Lipinski definition) is 4. The summed E-state index contributed by atoms with van der Waals surface area (Å²) in [5.74, 6) is 0.841. The highest BCUT2D eigenvalue weighted by atomic mass is 32.2. The standard InChI is InChI=1S/C16H31N3O3S/c1-5-10-19(12-11-18(3)15(21)6-2)16(22)8-7-14(20)17-9-13-23-4/h5-13H2,1-4H3,(H,17,20). The Labute approximate surface area is 144 Å². The zero-order valence-electron chi connectivity index (χ0n) is 14.9. The number of thioether (sulfide) groups is 1. The van der Waals surface area contributed by atoms with Gasteiger partial charge in [-0.2, -0.15) is 11.8 Å². The van der Waals surface area contributed by atoms with Crippen LogP contribution in [0.2, 0.25) is 0 Å². The number of carbonyl (C=O) groups excluding carboxylic acids is 3. The van der Waals surface area contributed by atoms with E-state index in [1.807, 2.05) is 20.1 Å². The van der Waals surface area contributed by atoms with Crippen LogP contribution in [0.4, 0.5) is 0 Å². The first-order chi connectivity index (χ1) is 11.0. The average Bonchev–Trinajstić information content (AvgIpc) is 2.55. The molecule has 1 N–H and O–H groups in total. The molecule has 0 spiro atoms. The van der Waals surface area contributed by atoms with Gasteiger partial charge in [0.25, 0.3) is 0 Å². The van der Waals surface area contributed by atoms with E-state index < -0.39 is 0 Å². The summed E-state index contributed by atoms with van der Waals surface area (Å²) in [6.07, 6.45) is 3.75. The fourth-order valence-electron chi connectivity index (χ4n) is 2.06. The smallest absolute Gasteiger partial charge is 0.223 e. The number of likely N-dealkylation sites (N-methyl/N-ethyl adjacent to an activating group) is 1. The minimum atomic E-state index is -0.0814. The van der Waals surface area contributed by atoms with Crippen molar-refractivity contribution in [3.63, 3.8) is 0 Å².